The number of nitrogens with one attached hydrogen (secondary N) is 2. The lowest BCUT2D eigenvalue weighted by atomic mass is 9.86. The van der Waals surface area contributed by atoms with Crippen molar-refractivity contribution in [2.24, 2.45) is 0 Å². The van der Waals surface area contributed by atoms with E-state index in [0.717, 1.165) is 17.9 Å². The number of piperazine rings is 1. The van der Waals surface area contributed by atoms with Gasteiger partial charge in [0.15, 0.2) is 0 Å². The number of amides is 1. The van der Waals surface area contributed by atoms with E-state index in [9.17, 15) is 4.79 Å². The molecular weight excluding hydrogens is 240 g/mol. The van der Waals surface area contributed by atoms with Crippen molar-refractivity contribution in [2.45, 2.75) is 32.2 Å². The van der Waals surface area contributed by atoms with Gasteiger partial charge in [-0.2, -0.15) is 0 Å². The SMILES string of the molecule is COc1ccc(C(C)C)cc1C1(C)NCCNC1=O. The van der Waals surface area contributed by atoms with Gasteiger partial charge in [-0.05, 0) is 30.5 Å². The summed E-state index contributed by atoms with van der Waals surface area (Å²) >= 11 is 0. The molecule has 1 unspecified atom stereocenters. The third kappa shape index (κ3) is 2.45. The van der Waals surface area contributed by atoms with Crippen LogP contribution in [-0.2, 0) is 10.3 Å². The topological polar surface area (TPSA) is 50.4 Å². The van der Waals surface area contributed by atoms with Crippen LogP contribution in [-0.4, -0.2) is 26.1 Å². The highest BCUT2D eigenvalue weighted by Gasteiger charge is 2.39. The van der Waals surface area contributed by atoms with Crippen LogP contribution in [0.4, 0.5) is 0 Å². The Morgan fingerprint density at radius 2 is 2.05 bits per heavy atom. The fraction of sp³-hybridized carbons (Fsp3) is 0.533. The molecule has 0 spiro atoms. The van der Waals surface area contributed by atoms with Gasteiger partial charge in [-0.1, -0.05) is 19.9 Å². The minimum Gasteiger partial charge on any atom is -0.496 e. The van der Waals surface area contributed by atoms with Crippen LogP contribution in [0.2, 0.25) is 0 Å². The molecule has 0 aromatic heterocycles. The molecule has 19 heavy (non-hydrogen) atoms. The molecule has 0 bridgehead atoms. The standard InChI is InChI=1S/C15H22N2O2/c1-10(2)11-5-6-13(19-4)12(9-11)15(3)14(18)16-7-8-17-15/h5-6,9-10,17H,7-8H2,1-4H3,(H,16,18). The second-order valence-electron chi connectivity index (χ2n) is 5.42. The minimum atomic E-state index is -0.728. The van der Waals surface area contributed by atoms with Crippen LogP contribution in [0.5, 0.6) is 5.75 Å². The zero-order chi connectivity index (χ0) is 14.0. The summed E-state index contributed by atoms with van der Waals surface area (Å²) in [5.41, 5.74) is 1.38. The van der Waals surface area contributed by atoms with Gasteiger partial charge in [0.25, 0.3) is 0 Å². The van der Waals surface area contributed by atoms with Gasteiger partial charge in [0, 0.05) is 18.7 Å². The maximum Gasteiger partial charge on any atom is 0.244 e. The van der Waals surface area contributed by atoms with E-state index in [2.05, 4.69) is 36.6 Å². The number of ether oxygens (including phenoxy) is 1. The van der Waals surface area contributed by atoms with Crippen molar-refractivity contribution in [2.75, 3.05) is 20.2 Å². The first kappa shape index (κ1) is 13.9. The molecule has 1 aromatic carbocycles. The number of benzene rings is 1. The fourth-order valence-electron chi connectivity index (χ4n) is 2.44. The molecule has 2 N–H and O–H groups in total. The van der Waals surface area contributed by atoms with Crippen LogP contribution in [0.25, 0.3) is 0 Å². The Labute approximate surface area is 114 Å². The van der Waals surface area contributed by atoms with Crippen molar-refractivity contribution in [3.8, 4) is 5.75 Å². The molecule has 0 radical (unpaired) electrons. The zero-order valence-electron chi connectivity index (χ0n) is 12.0. The van der Waals surface area contributed by atoms with Gasteiger partial charge >= 0.3 is 0 Å². The van der Waals surface area contributed by atoms with E-state index in [1.807, 2.05) is 13.0 Å². The lowest BCUT2D eigenvalue weighted by molar-refractivity contribution is -0.129. The molecule has 4 heteroatoms. The van der Waals surface area contributed by atoms with Crippen LogP contribution in [0.1, 0.15) is 37.8 Å². The first-order valence-corrected chi connectivity index (χ1v) is 6.71. The summed E-state index contributed by atoms with van der Waals surface area (Å²) in [5, 5.41) is 6.22. The van der Waals surface area contributed by atoms with Crippen molar-refractivity contribution in [1.29, 1.82) is 0 Å². The van der Waals surface area contributed by atoms with E-state index < -0.39 is 5.54 Å². The lowest BCUT2D eigenvalue weighted by Gasteiger charge is -2.35. The number of rotatable bonds is 3. The maximum atomic E-state index is 12.2. The number of methoxy groups -OCH3 is 1. The smallest absolute Gasteiger partial charge is 0.244 e. The van der Waals surface area contributed by atoms with Gasteiger partial charge in [-0.25, -0.2) is 0 Å². The van der Waals surface area contributed by atoms with E-state index >= 15 is 0 Å². The monoisotopic (exact) mass is 262 g/mol. The van der Waals surface area contributed by atoms with Crippen molar-refractivity contribution in [3.05, 3.63) is 29.3 Å². The molecule has 1 heterocycles. The average molecular weight is 262 g/mol. The number of hydrogen-bond donors (Lipinski definition) is 2. The highest BCUT2D eigenvalue weighted by atomic mass is 16.5. The minimum absolute atomic E-state index is 0.00189. The third-order valence-electron chi connectivity index (χ3n) is 3.77. The summed E-state index contributed by atoms with van der Waals surface area (Å²) in [4.78, 5) is 12.2. The summed E-state index contributed by atoms with van der Waals surface area (Å²) in [5.74, 6) is 1.16. The van der Waals surface area contributed by atoms with Crippen molar-refractivity contribution in [1.82, 2.24) is 10.6 Å². The summed E-state index contributed by atoms with van der Waals surface area (Å²) < 4.78 is 5.43. The Morgan fingerprint density at radius 1 is 1.32 bits per heavy atom. The summed E-state index contributed by atoms with van der Waals surface area (Å²) in [6, 6.07) is 6.07. The van der Waals surface area contributed by atoms with E-state index in [0.29, 0.717) is 12.5 Å². The summed E-state index contributed by atoms with van der Waals surface area (Å²) in [7, 11) is 1.64. The van der Waals surface area contributed by atoms with E-state index in [4.69, 9.17) is 4.74 Å². The number of carbonyl (C=O) groups excluding carboxylic acids is 1. The van der Waals surface area contributed by atoms with E-state index in [-0.39, 0.29) is 5.91 Å². The van der Waals surface area contributed by atoms with Crippen LogP contribution in [0.3, 0.4) is 0 Å². The van der Waals surface area contributed by atoms with E-state index in [1.54, 1.807) is 7.11 Å². The molecule has 1 aliphatic rings. The molecule has 104 valence electrons. The molecule has 2 rings (SSSR count). The van der Waals surface area contributed by atoms with Gasteiger partial charge < -0.3 is 10.1 Å². The average Bonchev–Trinajstić information content (AvgIpc) is 2.41. The third-order valence-corrected chi connectivity index (χ3v) is 3.77. The molecule has 1 atom stereocenters. The van der Waals surface area contributed by atoms with Crippen molar-refractivity contribution in [3.63, 3.8) is 0 Å². The normalized spacial score (nSPS) is 23.3. The first-order valence-electron chi connectivity index (χ1n) is 6.71. The molecule has 1 saturated heterocycles. The van der Waals surface area contributed by atoms with E-state index in [1.165, 1.54) is 5.56 Å². The van der Waals surface area contributed by atoms with Crippen LogP contribution in [0, 0.1) is 0 Å². The number of hydrogen-bond acceptors (Lipinski definition) is 3. The van der Waals surface area contributed by atoms with Gasteiger partial charge in [0.1, 0.15) is 11.3 Å². The second kappa shape index (κ2) is 5.21. The van der Waals surface area contributed by atoms with Crippen molar-refractivity contribution >= 4 is 5.91 Å². The molecule has 1 aromatic rings. The Kier molecular flexibility index (Phi) is 3.80. The lowest BCUT2D eigenvalue weighted by Crippen LogP contribution is -2.59. The van der Waals surface area contributed by atoms with Crippen molar-refractivity contribution < 1.29 is 9.53 Å². The Bertz CT molecular complexity index is 485. The largest absolute Gasteiger partial charge is 0.496 e. The predicted molar refractivity (Wildman–Crippen MR) is 75.4 cm³/mol. The predicted octanol–water partition coefficient (Wildman–Crippen LogP) is 1.75. The molecule has 1 fully saturated rings. The first-order chi connectivity index (χ1) is 8.99. The Hall–Kier alpha value is -1.55. The van der Waals surface area contributed by atoms with Gasteiger partial charge in [-0.3, -0.25) is 10.1 Å². The molecule has 0 aliphatic carbocycles. The summed E-state index contributed by atoms with van der Waals surface area (Å²) in [6.45, 7) is 7.62. The molecule has 0 saturated carbocycles. The molecule has 1 amide bonds. The highest BCUT2D eigenvalue weighted by Crippen LogP contribution is 2.33. The Morgan fingerprint density at radius 3 is 2.63 bits per heavy atom. The van der Waals surface area contributed by atoms with Gasteiger partial charge in [0.2, 0.25) is 5.91 Å². The number of carbonyl (C=O) groups is 1. The van der Waals surface area contributed by atoms with Crippen LogP contribution >= 0.6 is 0 Å². The molecule has 1 aliphatic heterocycles. The van der Waals surface area contributed by atoms with Crippen LogP contribution in [0.15, 0.2) is 18.2 Å². The molecular formula is C15H22N2O2. The summed E-state index contributed by atoms with van der Waals surface area (Å²) in [6.07, 6.45) is 0. The van der Waals surface area contributed by atoms with Crippen LogP contribution < -0.4 is 15.4 Å². The quantitative estimate of drug-likeness (QED) is 0.872. The fourth-order valence-corrected chi connectivity index (χ4v) is 2.44. The van der Waals surface area contributed by atoms with Gasteiger partial charge in [0.05, 0.1) is 7.11 Å². The zero-order valence-corrected chi connectivity index (χ0v) is 12.0. The maximum absolute atomic E-state index is 12.2. The highest BCUT2D eigenvalue weighted by molar-refractivity contribution is 5.88. The molecule has 4 nitrogen and oxygen atoms in total. The second-order valence-corrected chi connectivity index (χ2v) is 5.42. The van der Waals surface area contributed by atoms with Gasteiger partial charge in [-0.15, -0.1) is 0 Å². The Balaban J connectivity index is 2.52.